The second-order valence-corrected chi connectivity index (χ2v) is 5.08. The molecule has 0 amide bonds. The lowest BCUT2D eigenvalue weighted by molar-refractivity contribution is 0.0697. The van der Waals surface area contributed by atoms with Gasteiger partial charge in [-0.1, -0.05) is 25.1 Å². The molecule has 1 N–H and O–H groups in total. The van der Waals surface area contributed by atoms with E-state index in [9.17, 15) is 9.90 Å². The monoisotopic (exact) mass is 241 g/mol. The highest BCUT2D eigenvalue weighted by atomic mass is 16.4. The van der Waals surface area contributed by atoms with Crippen LogP contribution < -0.4 is 0 Å². The van der Waals surface area contributed by atoms with Gasteiger partial charge in [0.25, 0.3) is 0 Å². The van der Waals surface area contributed by atoms with Crippen molar-refractivity contribution in [3.63, 3.8) is 0 Å². The SMILES string of the molecule is CC1CCc2c(nc3ccccc3c2C(=O)O)C1. The minimum absolute atomic E-state index is 0.461. The van der Waals surface area contributed by atoms with E-state index in [1.165, 1.54) is 0 Å². The van der Waals surface area contributed by atoms with Gasteiger partial charge in [-0.05, 0) is 36.8 Å². The van der Waals surface area contributed by atoms with E-state index < -0.39 is 5.97 Å². The summed E-state index contributed by atoms with van der Waals surface area (Å²) < 4.78 is 0. The van der Waals surface area contributed by atoms with Gasteiger partial charge in [0, 0.05) is 11.1 Å². The zero-order valence-corrected chi connectivity index (χ0v) is 10.3. The number of para-hydroxylation sites is 1. The van der Waals surface area contributed by atoms with Crippen molar-refractivity contribution in [3.05, 3.63) is 41.1 Å². The largest absolute Gasteiger partial charge is 0.478 e. The van der Waals surface area contributed by atoms with E-state index in [2.05, 4.69) is 11.9 Å². The highest BCUT2D eigenvalue weighted by Gasteiger charge is 2.24. The molecule has 0 bridgehead atoms. The lowest BCUT2D eigenvalue weighted by atomic mass is 9.84. The molecule has 1 heterocycles. The Hall–Kier alpha value is -1.90. The molecular weight excluding hydrogens is 226 g/mol. The first-order chi connectivity index (χ1) is 8.66. The Morgan fingerprint density at radius 3 is 2.94 bits per heavy atom. The number of hydrogen-bond donors (Lipinski definition) is 1. The minimum atomic E-state index is -0.834. The number of carbonyl (C=O) groups is 1. The number of aromatic nitrogens is 1. The Morgan fingerprint density at radius 1 is 1.39 bits per heavy atom. The van der Waals surface area contributed by atoms with Gasteiger partial charge in [0.1, 0.15) is 0 Å². The average Bonchev–Trinajstić information content (AvgIpc) is 2.35. The van der Waals surface area contributed by atoms with Gasteiger partial charge in [0.2, 0.25) is 0 Å². The van der Waals surface area contributed by atoms with Crippen LogP contribution in [-0.2, 0) is 12.8 Å². The standard InChI is InChI=1S/C15H15NO2/c1-9-6-7-11-13(8-9)16-12-5-3-2-4-10(12)14(11)15(17)18/h2-5,9H,6-8H2,1H3,(H,17,18). The summed E-state index contributed by atoms with van der Waals surface area (Å²) in [5.41, 5.74) is 3.18. The van der Waals surface area contributed by atoms with Crippen molar-refractivity contribution < 1.29 is 9.90 Å². The number of rotatable bonds is 1. The number of carboxylic acids is 1. The molecule has 3 rings (SSSR count). The fraction of sp³-hybridized carbons (Fsp3) is 0.333. The molecule has 1 aromatic carbocycles. The lowest BCUT2D eigenvalue weighted by Crippen LogP contribution is -2.17. The van der Waals surface area contributed by atoms with Gasteiger partial charge in [-0.3, -0.25) is 4.98 Å². The molecule has 1 aromatic heterocycles. The van der Waals surface area contributed by atoms with E-state index in [1.54, 1.807) is 0 Å². The molecule has 0 saturated heterocycles. The molecule has 0 saturated carbocycles. The molecular formula is C15H15NO2. The van der Waals surface area contributed by atoms with Crippen LogP contribution in [0.5, 0.6) is 0 Å². The summed E-state index contributed by atoms with van der Waals surface area (Å²) in [6.45, 7) is 2.19. The second-order valence-electron chi connectivity index (χ2n) is 5.08. The number of pyridine rings is 1. The van der Waals surface area contributed by atoms with E-state index in [0.29, 0.717) is 11.5 Å². The predicted octanol–water partition coefficient (Wildman–Crippen LogP) is 3.06. The molecule has 1 aliphatic carbocycles. The summed E-state index contributed by atoms with van der Waals surface area (Å²) in [6.07, 6.45) is 2.77. The maximum Gasteiger partial charge on any atom is 0.336 e. The summed E-state index contributed by atoms with van der Waals surface area (Å²) in [6, 6.07) is 7.51. The molecule has 2 aromatic rings. The van der Waals surface area contributed by atoms with Gasteiger partial charge >= 0.3 is 5.97 Å². The molecule has 0 spiro atoms. The molecule has 3 heteroatoms. The zero-order chi connectivity index (χ0) is 12.7. The van der Waals surface area contributed by atoms with Crippen molar-refractivity contribution in [1.82, 2.24) is 4.98 Å². The van der Waals surface area contributed by atoms with E-state index in [1.807, 2.05) is 24.3 Å². The van der Waals surface area contributed by atoms with Gasteiger partial charge in [-0.2, -0.15) is 0 Å². The molecule has 0 fully saturated rings. The third-order valence-corrected chi connectivity index (χ3v) is 3.72. The van der Waals surface area contributed by atoms with Crippen molar-refractivity contribution in [3.8, 4) is 0 Å². The van der Waals surface area contributed by atoms with Crippen LogP contribution in [0.4, 0.5) is 0 Å². The van der Waals surface area contributed by atoms with Crippen LogP contribution in [0.15, 0.2) is 24.3 Å². The molecule has 0 radical (unpaired) electrons. The van der Waals surface area contributed by atoms with Crippen LogP contribution in [-0.4, -0.2) is 16.1 Å². The van der Waals surface area contributed by atoms with Crippen molar-refractivity contribution >= 4 is 16.9 Å². The maximum atomic E-state index is 11.5. The van der Waals surface area contributed by atoms with Crippen LogP contribution in [0.3, 0.4) is 0 Å². The highest BCUT2D eigenvalue weighted by Crippen LogP contribution is 2.31. The van der Waals surface area contributed by atoms with Crippen LogP contribution in [0.1, 0.15) is 35.0 Å². The summed E-state index contributed by atoms with van der Waals surface area (Å²) in [5, 5.41) is 10.2. The Kier molecular flexibility index (Phi) is 2.54. The Balaban J connectivity index is 2.35. The smallest absolute Gasteiger partial charge is 0.336 e. The van der Waals surface area contributed by atoms with Gasteiger partial charge in [0.15, 0.2) is 0 Å². The fourth-order valence-electron chi connectivity index (χ4n) is 2.81. The second kappa shape index (κ2) is 4.09. The number of nitrogens with zero attached hydrogens (tertiary/aromatic N) is 1. The maximum absolute atomic E-state index is 11.5. The van der Waals surface area contributed by atoms with Crippen LogP contribution in [0.25, 0.3) is 10.9 Å². The molecule has 0 aliphatic heterocycles. The molecule has 1 unspecified atom stereocenters. The quantitative estimate of drug-likeness (QED) is 0.834. The first-order valence-corrected chi connectivity index (χ1v) is 6.30. The molecule has 1 aliphatic rings. The topological polar surface area (TPSA) is 50.2 Å². The average molecular weight is 241 g/mol. The van der Waals surface area contributed by atoms with E-state index in [-0.39, 0.29) is 0 Å². The third-order valence-electron chi connectivity index (χ3n) is 3.72. The predicted molar refractivity (Wildman–Crippen MR) is 69.9 cm³/mol. The molecule has 3 nitrogen and oxygen atoms in total. The van der Waals surface area contributed by atoms with E-state index in [4.69, 9.17) is 0 Å². The number of aromatic carboxylic acids is 1. The number of hydrogen-bond acceptors (Lipinski definition) is 2. The van der Waals surface area contributed by atoms with Gasteiger partial charge < -0.3 is 5.11 Å². The molecule has 18 heavy (non-hydrogen) atoms. The van der Waals surface area contributed by atoms with Gasteiger partial charge in [-0.15, -0.1) is 0 Å². The highest BCUT2D eigenvalue weighted by molar-refractivity contribution is 6.04. The van der Waals surface area contributed by atoms with Crippen LogP contribution in [0, 0.1) is 5.92 Å². The molecule has 92 valence electrons. The summed E-state index contributed by atoms with van der Waals surface area (Å²) in [7, 11) is 0. The minimum Gasteiger partial charge on any atom is -0.478 e. The van der Waals surface area contributed by atoms with Crippen molar-refractivity contribution in [2.24, 2.45) is 5.92 Å². The first kappa shape index (κ1) is 11.2. The summed E-state index contributed by atoms with van der Waals surface area (Å²) in [4.78, 5) is 16.2. The Labute approximate surface area is 105 Å². The van der Waals surface area contributed by atoms with Crippen molar-refractivity contribution in [2.75, 3.05) is 0 Å². The van der Waals surface area contributed by atoms with E-state index in [0.717, 1.165) is 41.4 Å². The first-order valence-electron chi connectivity index (χ1n) is 6.30. The van der Waals surface area contributed by atoms with Crippen LogP contribution in [0.2, 0.25) is 0 Å². The number of fused-ring (bicyclic) bond motifs is 2. The summed E-state index contributed by atoms with van der Waals surface area (Å²) >= 11 is 0. The van der Waals surface area contributed by atoms with Crippen molar-refractivity contribution in [1.29, 1.82) is 0 Å². The number of carboxylic acid groups (broad SMARTS) is 1. The van der Waals surface area contributed by atoms with E-state index >= 15 is 0 Å². The lowest BCUT2D eigenvalue weighted by Gasteiger charge is -2.23. The van der Waals surface area contributed by atoms with Crippen LogP contribution >= 0.6 is 0 Å². The third kappa shape index (κ3) is 1.67. The molecule has 1 atom stereocenters. The van der Waals surface area contributed by atoms with Crippen molar-refractivity contribution in [2.45, 2.75) is 26.2 Å². The zero-order valence-electron chi connectivity index (χ0n) is 10.3. The Morgan fingerprint density at radius 2 is 2.17 bits per heavy atom. The fourth-order valence-corrected chi connectivity index (χ4v) is 2.81. The Bertz CT molecular complexity index is 634. The van der Waals surface area contributed by atoms with Gasteiger partial charge in [0.05, 0.1) is 11.1 Å². The van der Waals surface area contributed by atoms with Gasteiger partial charge in [-0.25, -0.2) is 4.79 Å². The normalized spacial score (nSPS) is 18.6. The number of benzene rings is 1. The summed E-state index contributed by atoms with van der Waals surface area (Å²) in [5.74, 6) is -0.243.